The first kappa shape index (κ1) is 21.3. The largest absolute Gasteiger partial charge is 0.371 e. The summed E-state index contributed by atoms with van der Waals surface area (Å²) in [4.78, 5) is 36.3. The van der Waals surface area contributed by atoms with Crippen LogP contribution in [-0.4, -0.2) is 23.1 Å². The zero-order valence-electron chi connectivity index (χ0n) is 19.4. The van der Waals surface area contributed by atoms with Gasteiger partial charge in [0, 0.05) is 29.2 Å². The van der Waals surface area contributed by atoms with Crippen LogP contribution in [0.25, 0.3) is 43.6 Å². The third kappa shape index (κ3) is 3.39. The molecule has 2 aromatic heterocycles. The molecule has 0 saturated heterocycles. The Balaban J connectivity index is 1.86. The number of rotatable bonds is 6. The van der Waals surface area contributed by atoms with Crippen LogP contribution < -0.4 is 15.8 Å². The van der Waals surface area contributed by atoms with Gasteiger partial charge < -0.3 is 14.9 Å². The van der Waals surface area contributed by atoms with Crippen molar-refractivity contribution in [2.45, 2.75) is 40.0 Å². The summed E-state index contributed by atoms with van der Waals surface area (Å²) in [6.45, 7) is 8.20. The van der Waals surface area contributed by atoms with Gasteiger partial charge in [-0.25, -0.2) is 0 Å². The molecule has 0 unspecified atom stereocenters. The van der Waals surface area contributed by atoms with Crippen LogP contribution >= 0.6 is 0 Å². The molecule has 0 atom stereocenters. The van der Waals surface area contributed by atoms with Crippen LogP contribution in [0.2, 0.25) is 0 Å². The average Bonchev–Trinajstić information content (AvgIpc) is 2.83. The van der Waals surface area contributed by atoms with Crippen LogP contribution in [0.4, 0.5) is 5.69 Å². The highest BCUT2D eigenvalue weighted by molar-refractivity contribution is 6.05. The van der Waals surface area contributed by atoms with E-state index < -0.39 is 0 Å². The average molecular weight is 440 g/mol. The predicted octanol–water partition coefficient (Wildman–Crippen LogP) is 5.86. The minimum absolute atomic E-state index is 0.00169. The Morgan fingerprint density at radius 1 is 0.727 bits per heavy atom. The summed E-state index contributed by atoms with van der Waals surface area (Å²) in [6, 6.07) is 15.5. The standard InChI is InChI=1S/C28H29N3O2/c1-4-13-31(14-5-2)24-12-8-11-21-25(24)28(33)20-16-23-19(15-22(20)29-21)27(32)18-10-7-9-17(6-3)26(18)30-23/h7-12,15-16H,4-6,13-14H2,1-3H3,(H,29,33)(H,30,32). The molecule has 5 nitrogen and oxygen atoms in total. The van der Waals surface area contributed by atoms with Crippen molar-refractivity contribution in [1.82, 2.24) is 9.97 Å². The third-order valence-electron chi connectivity index (χ3n) is 6.55. The molecule has 3 aromatic carbocycles. The van der Waals surface area contributed by atoms with E-state index in [0.29, 0.717) is 32.6 Å². The Labute approximate surface area is 192 Å². The third-order valence-corrected chi connectivity index (χ3v) is 6.55. The van der Waals surface area contributed by atoms with Crippen LogP contribution in [0, 0.1) is 0 Å². The van der Waals surface area contributed by atoms with Gasteiger partial charge in [0.2, 0.25) is 0 Å². The van der Waals surface area contributed by atoms with Crippen molar-refractivity contribution in [3.63, 3.8) is 0 Å². The molecule has 5 aromatic rings. The lowest BCUT2D eigenvalue weighted by atomic mass is 10.0. The number of anilines is 1. The fourth-order valence-electron chi connectivity index (χ4n) is 5.01. The van der Waals surface area contributed by atoms with E-state index in [1.165, 1.54) is 0 Å². The van der Waals surface area contributed by atoms with Gasteiger partial charge in [-0.1, -0.05) is 39.0 Å². The van der Waals surface area contributed by atoms with Crippen molar-refractivity contribution in [3.8, 4) is 0 Å². The lowest BCUT2D eigenvalue weighted by Crippen LogP contribution is -2.26. The summed E-state index contributed by atoms with van der Waals surface area (Å²) in [5, 5.41) is 2.58. The van der Waals surface area contributed by atoms with E-state index in [-0.39, 0.29) is 10.9 Å². The fourth-order valence-corrected chi connectivity index (χ4v) is 5.01. The summed E-state index contributed by atoms with van der Waals surface area (Å²) in [7, 11) is 0. The molecule has 33 heavy (non-hydrogen) atoms. The van der Waals surface area contributed by atoms with Gasteiger partial charge in [-0.05, 0) is 55.2 Å². The van der Waals surface area contributed by atoms with Crippen molar-refractivity contribution in [3.05, 3.63) is 74.5 Å². The van der Waals surface area contributed by atoms with Gasteiger partial charge in [-0.3, -0.25) is 9.59 Å². The zero-order chi connectivity index (χ0) is 23.1. The van der Waals surface area contributed by atoms with Crippen molar-refractivity contribution in [2.24, 2.45) is 0 Å². The number of aromatic nitrogens is 2. The van der Waals surface area contributed by atoms with Gasteiger partial charge >= 0.3 is 0 Å². The van der Waals surface area contributed by atoms with E-state index in [4.69, 9.17) is 0 Å². The van der Waals surface area contributed by atoms with Crippen LogP contribution in [0.15, 0.2) is 58.1 Å². The zero-order valence-corrected chi connectivity index (χ0v) is 19.4. The Hall–Kier alpha value is -3.60. The molecule has 0 fully saturated rings. The maximum Gasteiger partial charge on any atom is 0.199 e. The van der Waals surface area contributed by atoms with Gasteiger partial charge in [-0.15, -0.1) is 0 Å². The van der Waals surface area contributed by atoms with Crippen LogP contribution in [-0.2, 0) is 6.42 Å². The molecular weight excluding hydrogens is 410 g/mol. The molecule has 0 spiro atoms. The quantitative estimate of drug-likeness (QED) is 0.325. The molecule has 5 heteroatoms. The molecule has 0 saturated carbocycles. The first-order chi connectivity index (χ1) is 16.1. The minimum Gasteiger partial charge on any atom is -0.371 e. The van der Waals surface area contributed by atoms with Crippen molar-refractivity contribution >= 4 is 49.3 Å². The molecule has 0 aliphatic heterocycles. The van der Waals surface area contributed by atoms with Crippen LogP contribution in [0.3, 0.4) is 0 Å². The van der Waals surface area contributed by atoms with Crippen molar-refractivity contribution in [2.75, 3.05) is 18.0 Å². The number of aryl methyl sites for hydroxylation is 1. The number of fused-ring (bicyclic) bond motifs is 4. The molecule has 0 radical (unpaired) electrons. The number of hydrogen-bond donors (Lipinski definition) is 2. The molecular formula is C28H29N3O2. The molecule has 0 amide bonds. The number of pyridine rings is 2. The molecule has 0 bridgehead atoms. The first-order valence-corrected chi connectivity index (χ1v) is 11.9. The number of para-hydroxylation sites is 1. The van der Waals surface area contributed by atoms with E-state index >= 15 is 0 Å². The second-order valence-electron chi connectivity index (χ2n) is 8.73. The summed E-state index contributed by atoms with van der Waals surface area (Å²) in [5.41, 5.74) is 5.09. The Kier molecular flexibility index (Phi) is 5.41. The Morgan fingerprint density at radius 2 is 1.39 bits per heavy atom. The number of nitrogens with one attached hydrogen (secondary N) is 2. The van der Waals surface area contributed by atoms with Gasteiger partial charge in [-0.2, -0.15) is 0 Å². The van der Waals surface area contributed by atoms with E-state index in [9.17, 15) is 9.59 Å². The Bertz CT molecular complexity index is 1620. The second-order valence-corrected chi connectivity index (χ2v) is 8.73. The highest BCUT2D eigenvalue weighted by Crippen LogP contribution is 2.28. The van der Waals surface area contributed by atoms with Crippen molar-refractivity contribution in [1.29, 1.82) is 0 Å². The highest BCUT2D eigenvalue weighted by atomic mass is 16.1. The Morgan fingerprint density at radius 3 is 2.09 bits per heavy atom. The van der Waals surface area contributed by atoms with Gasteiger partial charge in [0.15, 0.2) is 10.9 Å². The SMILES string of the molecule is CCCN(CCC)c1cccc2[nH]c3cc4c(=O)c5cccc(CC)c5[nH]c4cc3c(=O)c12. The molecule has 2 heterocycles. The van der Waals surface area contributed by atoms with Gasteiger partial charge in [0.25, 0.3) is 0 Å². The van der Waals surface area contributed by atoms with Crippen LogP contribution in [0.5, 0.6) is 0 Å². The monoisotopic (exact) mass is 439 g/mol. The number of nitrogens with zero attached hydrogens (tertiary/aromatic N) is 1. The topological polar surface area (TPSA) is 69.0 Å². The lowest BCUT2D eigenvalue weighted by molar-refractivity contribution is 0.747. The van der Waals surface area contributed by atoms with E-state index in [1.54, 1.807) is 0 Å². The molecule has 0 aliphatic carbocycles. The molecule has 168 valence electrons. The number of aromatic amines is 2. The number of benzene rings is 3. The van der Waals surface area contributed by atoms with Gasteiger partial charge in [0.05, 0.1) is 33.1 Å². The molecule has 5 rings (SSSR count). The molecule has 2 N–H and O–H groups in total. The van der Waals surface area contributed by atoms with E-state index in [2.05, 4.69) is 35.6 Å². The summed E-state index contributed by atoms with van der Waals surface area (Å²) < 4.78 is 0. The van der Waals surface area contributed by atoms with Gasteiger partial charge in [0.1, 0.15) is 0 Å². The fraction of sp³-hybridized carbons (Fsp3) is 0.286. The summed E-state index contributed by atoms with van der Waals surface area (Å²) in [6.07, 6.45) is 2.85. The smallest absolute Gasteiger partial charge is 0.199 e. The summed E-state index contributed by atoms with van der Waals surface area (Å²) >= 11 is 0. The van der Waals surface area contributed by atoms with E-state index in [1.807, 2.05) is 48.5 Å². The maximum atomic E-state index is 13.8. The predicted molar refractivity (Wildman–Crippen MR) is 140 cm³/mol. The normalized spacial score (nSPS) is 11.7. The van der Waals surface area contributed by atoms with Crippen molar-refractivity contribution < 1.29 is 0 Å². The highest BCUT2D eigenvalue weighted by Gasteiger charge is 2.16. The lowest BCUT2D eigenvalue weighted by Gasteiger charge is -2.25. The minimum atomic E-state index is -0.0114. The summed E-state index contributed by atoms with van der Waals surface area (Å²) in [5.74, 6) is 0. The van der Waals surface area contributed by atoms with E-state index in [0.717, 1.165) is 54.6 Å². The maximum absolute atomic E-state index is 13.8. The van der Waals surface area contributed by atoms with Crippen LogP contribution in [0.1, 0.15) is 39.2 Å². The number of hydrogen-bond acceptors (Lipinski definition) is 3. The first-order valence-electron chi connectivity index (χ1n) is 11.9. The number of H-pyrrole nitrogens is 2. The molecule has 0 aliphatic rings. The second kappa shape index (κ2) is 8.39.